The van der Waals surface area contributed by atoms with E-state index >= 15 is 0 Å². The van der Waals surface area contributed by atoms with Crippen molar-refractivity contribution in [2.45, 2.75) is 12.6 Å². The highest BCUT2D eigenvalue weighted by Gasteiger charge is 2.15. The summed E-state index contributed by atoms with van der Waals surface area (Å²) < 4.78 is 5.83. The highest BCUT2D eigenvalue weighted by Crippen LogP contribution is 2.19. The number of ether oxygens (including phenoxy) is 1. The Labute approximate surface area is 132 Å². The fourth-order valence-electron chi connectivity index (χ4n) is 2.44. The Morgan fingerprint density at radius 3 is 2.71 bits per heavy atom. The molecule has 0 aromatic heterocycles. The summed E-state index contributed by atoms with van der Waals surface area (Å²) in [5, 5.41) is 10.2. The summed E-state index contributed by atoms with van der Waals surface area (Å²) in [5.41, 5.74) is 1.16. The largest absolute Gasteiger partial charge is 0.491 e. The summed E-state index contributed by atoms with van der Waals surface area (Å²) in [4.78, 5) is 4.43. The van der Waals surface area contributed by atoms with Crippen molar-refractivity contribution in [3.8, 4) is 5.75 Å². The number of hydrogen-bond acceptors (Lipinski definition) is 5. The van der Waals surface area contributed by atoms with Gasteiger partial charge < -0.3 is 14.7 Å². The standard InChI is InChI=1S/C16H26N2O2S/c1-17(2)11-14-5-3-4-6-16(14)20-13-15(19)12-18-7-9-21-10-8-18/h3-6,15,19H,7-13H2,1-2H3. The van der Waals surface area contributed by atoms with Gasteiger partial charge in [-0.05, 0) is 20.2 Å². The van der Waals surface area contributed by atoms with E-state index in [-0.39, 0.29) is 0 Å². The first kappa shape index (κ1) is 16.6. The topological polar surface area (TPSA) is 35.9 Å². The molecule has 2 rings (SSSR count). The van der Waals surface area contributed by atoms with Crippen LogP contribution in [0.2, 0.25) is 0 Å². The van der Waals surface area contributed by atoms with Gasteiger partial charge in [0.25, 0.3) is 0 Å². The van der Waals surface area contributed by atoms with Crippen molar-refractivity contribution in [2.24, 2.45) is 0 Å². The van der Waals surface area contributed by atoms with Gasteiger partial charge in [0.15, 0.2) is 0 Å². The molecule has 0 saturated carbocycles. The van der Waals surface area contributed by atoms with Gasteiger partial charge in [-0.25, -0.2) is 0 Å². The van der Waals surface area contributed by atoms with E-state index in [1.165, 1.54) is 11.5 Å². The first-order valence-corrected chi connectivity index (χ1v) is 8.64. The van der Waals surface area contributed by atoms with Crippen LogP contribution in [0.4, 0.5) is 0 Å². The zero-order chi connectivity index (χ0) is 15.1. The van der Waals surface area contributed by atoms with Gasteiger partial charge in [0.1, 0.15) is 18.5 Å². The molecule has 0 spiro atoms. The van der Waals surface area contributed by atoms with Crippen molar-refractivity contribution in [3.63, 3.8) is 0 Å². The molecule has 1 aliphatic heterocycles. The van der Waals surface area contributed by atoms with Crippen LogP contribution in [0, 0.1) is 0 Å². The van der Waals surface area contributed by atoms with Crippen LogP contribution >= 0.6 is 11.8 Å². The Kier molecular flexibility index (Phi) is 6.83. The van der Waals surface area contributed by atoms with E-state index in [2.05, 4.69) is 15.9 Å². The van der Waals surface area contributed by atoms with Gasteiger partial charge in [0.2, 0.25) is 0 Å². The lowest BCUT2D eigenvalue weighted by Crippen LogP contribution is -2.40. The molecule has 0 bridgehead atoms. The second kappa shape index (κ2) is 8.63. The first-order chi connectivity index (χ1) is 10.1. The first-order valence-electron chi connectivity index (χ1n) is 7.49. The Hall–Kier alpha value is -0.750. The molecule has 0 amide bonds. The fourth-order valence-corrected chi connectivity index (χ4v) is 3.42. The lowest BCUT2D eigenvalue weighted by atomic mass is 10.2. The van der Waals surface area contributed by atoms with Gasteiger partial charge in [-0.1, -0.05) is 18.2 Å². The van der Waals surface area contributed by atoms with E-state index in [9.17, 15) is 5.11 Å². The molecule has 1 aromatic carbocycles. The normalized spacial score (nSPS) is 17.9. The number of thioether (sulfide) groups is 1. The van der Waals surface area contributed by atoms with E-state index in [1.54, 1.807) is 0 Å². The minimum Gasteiger partial charge on any atom is -0.491 e. The number of benzene rings is 1. The molecular weight excluding hydrogens is 284 g/mol. The minimum atomic E-state index is -0.430. The minimum absolute atomic E-state index is 0.355. The third-order valence-corrected chi connectivity index (χ3v) is 4.41. The molecular formula is C16H26N2O2S. The molecule has 1 fully saturated rings. The molecule has 5 heteroatoms. The Morgan fingerprint density at radius 1 is 1.29 bits per heavy atom. The van der Waals surface area contributed by atoms with Crippen LogP contribution in [0.3, 0.4) is 0 Å². The zero-order valence-corrected chi connectivity index (χ0v) is 13.8. The van der Waals surface area contributed by atoms with Crippen LogP contribution in [0.25, 0.3) is 0 Å². The van der Waals surface area contributed by atoms with Crippen molar-refractivity contribution in [3.05, 3.63) is 29.8 Å². The number of para-hydroxylation sites is 1. The molecule has 1 heterocycles. The maximum absolute atomic E-state index is 10.2. The Bertz CT molecular complexity index is 422. The summed E-state index contributed by atoms with van der Waals surface area (Å²) in [6.45, 7) is 4.04. The van der Waals surface area contributed by atoms with Gasteiger partial charge in [-0.15, -0.1) is 0 Å². The van der Waals surface area contributed by atoms with Gasteiger partial charge >= 0.3 is 0 Å². The third-order valence-electron chi connectivity index (χ3n) is 3.46. The van der Waals surface area contributed by atoms with E-state index in [0.29, 0.717) is 13.2 Å². The van der Waals surface area contributed by atoms with Crippen molar-refractivity contribution >= 4 is 11.8 Å². The molecule has 1 N–H and O–H groups in total. The molecule has 1 unspecified atom stereocenters. The van der Waals surface area contributed by atoms with Crippen molar-refractivity contribution in [1.82, 2.24) is 9.80 Å². The SMILES string of the molecule is CN(C)Cc1ccccc1OCC(O)CN1CCSCC1. The number of aliphatic hydroxyl groups excluding tert-OH is 1. The quantitative estimate of drug-likeness (QED) is 0.826. The van der Waals surface area contributed by atoms with Crippen LogP contribution in [0.1, 0.15) is 5.56 Å². The predicted molar refractivity (Wildman–Crippen MR) is 89.1 cm³/mol. The molecule has 118 valence electrons. The zero-order valence-electron chi connectivity index (χ0n) is 13.0. The van der Waals surface area contributed by atoms with Gasteiger partial charge in [-0.3, -0.25) is 4.90 Å². The number of aliphatic hydroxyl groups is 1. The second-order valence-corrected chi connectivity index (χ2v) is 6.95. The molecule has 0 aliphatic carbocycles. The van der Waals surface area contributed by atoms with Gasteiger partial charge in [-0.2, -0.15) is 11.8 Å². The van der Waals surface area contributed by atoms with E-state index in [1.807, 2.05) is 44.1 Å². The number of β-amino-alcohol motifs (C(OH)–C–C–N with tert-alkyl or cyclic N) is 1. The molecule has 1 atom stereocenters. The lowest BCUT2D eigenvalue weighted by Gasteiger charge is -2.28. The Balaban J connectivity index is 1.81. The van der Waals surface area contributed by atoms with Crippen LogP contribution in [-0.4, -0.2) is 72.9 Å². The number of hydrogen-bond donors (Lipinski definition) is 1. The van der Waals surface area contributed by atoms with E-state index < -0.39 is 6.10 Å². The monoisotopic (exact) mass is 310 g/mol. The second-order valence-electron chi connectivity index (χ2n) is 5.72. The average Bonchev–Trinajstić information content (AvgIpc) is 2.47. The van der Waals surface area contributed by atoms with E-state index in [4.69, 9.17) is 4.74 Å². The number of rotatable bonds is 7. The average molecular weight is 310 g/mol. The maximum Gasteiger partial charge on any atom is 0.123 e. The summed E-state index contributed by atoms with van der Waals surface area (Å²) in [6, 6.07) is 8.04. The van der Waals surface area contributed by atoms with Crippen LogP contribution in [0.5, 0.6) is 5.75 Å². The smallest absolute Gasteiger partial charge is 0.123 e. The van der Waals surface area contributed by atoms with Crippen molar-refractivity contribution in [1.29, 1.82) is 0 Å². The van der Waals surface area contributed by atoms with Crippen LogP contribution in [-0.2, 0) is 6.54 Å². The summed E-state index contributed by atoms with van der Waals surface area (Å²) >= 11 is 1.98. The summed E-state index contributed by atoms with van der Waals surface area (Å²) in [5.74, 6) is 3.21. The fraction of sp³-hybridized carbons (Fsp3) is 0.625. The molecule has 1 aromatic rings. The van der Waals surface area contributed by atoms with Gasteiger partial charge in [0, 0.05) is 43.2 Å². The molecule has 4 nitrogen and oxygen atoms in total. The molecule has 1 saturated heterocycles. The summed E-state index contributed by atoms with van der Waals surface area (Å²) in [6.07, 6.45) is -0.430. The summed E-state index contributed by atoms with van der Waals surface area (Å²) in [7, 11) is 4.08. The van der Waals surface area contributed by atoms with Crippen molar-refractivity contribution < 1.29 is 9.84 Å². The highest BCUT2D eigenvalue weighted by molar-refractivity contribution is 7.99. The number of nitrogens with zero attached hydrogens (tertiary/aromatic N) is 2. The highest BCUT2D eigenvalue weighted by atomic mass is 32.2. The molecule has 0 radical (unpaired) electrons. The molecule has 21 heavy (non-hydrogen) atoms. The Morgan fingerprint density at radius 2 is 2.00 bits per heavy atom. The van der Waals surface area contributed by atoms with Crippen LogP contribution in [0.15, 0.2) is 24.3 Å². The molecule has 1 aliphatic rings. The van der Waals surface area contributed by atoms with E-state index in [0.717, 1.165) is 30.9 Å². The van der Waals surface area contributed by atoms with Crippen molar-refractivity contribution in [2.75, 3.05) is 51.8 Å². The lowest BCUT2D eigenvalue weighted by molar-refractivity contribution is 0.0710. The predicted octanol–water partition coefficient (Wildman–Crippen LogP) is 1.54. The van der Waals surface area contributed by atoms with Crippen LogP contribution < -0.4 is 4.74 Å². The maximum atomic E-state index is 10.2. The third kappa shape index (κ3) is 5.87. The van der Waals surface area contributed by atoms with Gasteiger partial charge in [0.05, 0.1) is 0 Å².